The monoisotopic (exact) mass is 316 g/mol. The summed E-state index contributed by atoms with van der Waals surface area (Å²) in [5.41, 5.74) is 0.0184. The van der Waals surface area contributed by atoms with Crippen molar-refractivity contribution in [2.24, 2.45) is 0 Å². The number of rotatable bonds is 6. The fourth-order valence-electron chi connectivity index (χ4n) is 1.60. The molecular formula is C15H21LiN2O5. The molecule has 0 fully saturated rings. The van der Waals surface area contributed by atoms with Gasteiger partial charge in [0.1, 0.15) is 6.42 Å². The molecule has 8 heteroatoms. The first kappa shape index (κ1) is 23.6. The van der Waals surface area contributed by atoms with E-state index < -0.39 is 23.1 Å². The Kier molecular flexibility index (Phi) is 12.1. The van der Waals surface area contributed by atoms with Crippen LogP contribution in [0.2, 0.25) is 0 Å². The summed E-state index contributed by atoms with van der Waals surface area (Å²) in [6.07, 6.45) is -0.613. The molecule has 0 aromatic heterocycles. The Balaban J connectivity index is 0. The van der Waals surface area contributed by atoms with Crippen molar-refractivity contribution in [3.63, 3.8) is 0 Å². The third kappa shape index (κ3) is 11.5. The number of benzene rings is 1. The van der Waals surface area contributed by atoms with Gasteiger partial charge in [0, 0.05) is 17.7 Å². The summed E-state index contributed by atoms with van der Waals surface area (Å²) in [6, 6.07) is 5.80. The number of Topliss-reactive ketones (excluding diaryl/α,β-unsaturated/α-hetero) is 1. The molecule has 0 unspecified atom stereocenters. The van der Waals surface area contributed by atoms with E-state index in [9.17, 15) is 19.7 Å². The van der Waals surface area contributed by atoms with Crippen molar-refractivity contribution in [1.29, 1.82) is 0 Å². The van der Waals surface area contributed by atoms with Crippen molar-refractivity contribution >= 4 is 17.4 Å². The predicted octanol–water partition coefficient (Wildman–Crippen LogP) is 0.433. The molecule has 0 aliphatic carbocycles. The molecule has 1 N–H and O–H groups in total. The van der Waals surface area contributed by atoms with E-state index in [1.165, 1.54) is 12.1 Å². The minimum Gasteiger partial charge on any atom is -0.658 e. The zero-order chi connectivity index (χ0) is 17.3. The van der Waals surface area contributed by atoms with Crippen LogP contribution in [0.25, 0.3) is 5.32 Å². The van der Waals surface area contributed by atoms with E-state index >= 15 is 0 Å². The molecule has 0 radical (unpaired) electrons. The van der Waals surface area contributed by atoms with E-state index in [1.807, 2.05) is 0 Å². The van der Waals surface area contributed by atoms with Gasteiger partial charge in [-0.2, -0.15) is 0 Å². The number of non-ortho nitro benzene ring substituents is 1. The van der Waals surface area contributed by atoms with Gasteiger partial charge in [-0.05, 0) is 12.1 Å². The molecule has 0 saturated carbocycles. The first-order valence-corrected chi connectivity index (χ1v) is 6.82. The fourth-order valence-corrected chi connectivity index (χ4v) is 1.60. The van der Waals surface area contributed by atoms with Gasteiger partial charge < -0.3 is 10.4 Å². The quantitative estimate of drug-likeness (QED) is 0.269. The van der Waals surface area contributed by atoms with Crippen LogP contribution in [0.15, 0.2) is 24.3 Å². The summed E-state index contributed by atoms with van der Waals surface area (Å²) >= 11 is 0. The number of carbonyl (C=O) groups excluding carboxylic acids is 1. The van der Waals surface area contributed by atoms with Gasteiger partial charge in [-0.3, -0.25) is 19.7 Å². The summed E-state index contributed by atoms with van der Waals surface area (Å²) < 4.78 is 0. The van der Waals surface area contributed by atoms with Crippen LogP contribution in [0.1, 0.15) is 44.5 Å². The van der Waals surface area contributed by atoms with Gasteiger partial charge >= 0.3 is 24.8 Å². The Labute approximate surface area is 147 Å². The van der Waals surface area contributed by atoms with Crippen molar-refractivity contribution in [3.8, 4) is 0 Å². The van der Waals surface area contributed by atoms with E-state index in [0.717, 1.165) is 12.1 Å². The van der Waals surface area contributed by atoms with Gasteiger partial charge in [-0.15, -0.1) is 12.1 Å². The molecule has 0 bridgehead atoms. The zero-order valence-electron chi connectivity index (χ0n) is 14.1. The molecule has 1 rings (SSSR count). The van der Waals surface area contributed by atoms with Crippen molar-refractivity contribution in [3.05, 3.63) is 45.3 Å². The largest absolute Gasteiger partial charge is 1.00 e. The third-order valence-electron chi connectivity index (χ3n) is 2.31. The fraction of sp³-hybridized carbons (Fsp3) is 0.467. The Bertz CT molecular complexity index is 509. The van der Waals surface area contributed by atoms with E-state index in [4.69, 9.17) is 5.11 Å². The second kappa shape index (κ2) is 11.8. The molecular weight excluding hydrogens is 295 g/mol. The van der Waals surface area contributed by atoms with Crippen molar-refractivity contribution < 1.29 is 38.5 Å². The van der Waals surface area contributed by atoms with Gasteiger partial charge in [0.05, 0.1) is 4.92 Å². The van der Waals surface area contributed by atoms with Crippen molar-refractivity contribution in [2.45, 2.75) is 46.2 Å². The normalized spacial score (nSPS) is 9.65. The standard InChI is InChI=1S/C9H7NO5.C6H14N.Li/c11-8(5-9(12)13)6-1-3-7(4-2-6)10(14)15;1-5(2)7-6(3)4;/h1-4H,5H2,(H,12,13);5-6H,1-4H3;/q;-1;+1. The Hall–Kier alpha value is -1.68. The van der Waals surface area contributed by atoms with E-state index in [2.05, 4.69) is 33.0 Å². The molecule has 0 aliphatic heterocycles. The van der Waals surface area contributed by atoms with Gasteiger partial charge in [0.25, 0.3) is 5.69 Å². The van der Waals surface area contributed by atoms with Crippen LogP contribution >= 0.6 is 0 Å². The van der Waals surface area contributed by atoms with E-state index in [1.54, 1.807) is 0 Å². The summed E-state index contributed by atoms with van der Waals surface area (Å²) in [6.45, 7) is 8.39. The van der Waals surface area contributed by atoms with Gasteiger partial charge in [-0.25, -0.2) is 0 Å². The summed E-state index contributed by atoms with van der Waals surface area (Å²) in [5.74, 6) is -1.80. The van der Waals surface area contributed by atoms with Crippen LogP contribution < -0.4 is 18.9 Å². The number of carbonyl (C=O) groups is 2. The minimum absolute atomic E-state index is 0. The first-order chi connectivity index (χ1) is 10.1. The maximum absolute atomic E-state index is 11.2. The molecule has 0 saturated heterocycles. The molecule has 1 aromatic rings. The molecule has 23 heavy (non-hydrogen) atoms. The Morgan fingerprint density at radius 3 is 1.83 bits per heavy atom. The third-order valence-corrected chi connectivity index (χ3v) is 2.31. The molecule has 122 valence electrons. The van der Waals surface area contributed by atoms with Crippen molar-refractivity contribution in [2.75, 3.05) is 0 Å². The molecule has 0 spiro atoms. The molecule has 0 aliphatic rings. The second-order valence-electron chi connectivity index (χ2n) is 5.13. The second-order valence-corrected chi connectivity index (χ2v) is 5.13. The molecule has 1 aromatic carbocycles. The van der Waals surface area contributed by atoms with Gasteiger partial charge in [0.15, 0.2) is 5.78 Å². The molecule has 0 heterocycles. The number of aliphatic carboxylic acids is 1. The Morgan fingerprint density at radius 1 is 1.13 bits per heavy atom. The number of nitrogens with zero attached hydrogens (tertiary/aromatic N) is 2. The number of hydrogen-bond acceptors (Lipinski definition) is 4. The van der Waals surface area contributed by atoms with Gasteiger partial charge in [-0.1, -0.05) is 27.7 Å². The summed E-state index contributed by atoms with van der Waals surface area (Å²) in [4.78, 5) is 31.1. The van der Waals surface area contributed by atoms with Crippen LogP contribution in [-0.4, -0.2) is 33.9 Å². The minimum atomic E-state index is -1.22. The predicted molar refractivity (Wildman–Crippen MR) is 83.3 cm³/mol. The maximum Gasteiger partial charge on any atom is 1.00 e. The SMILES string of the molecule is CC(C)[N-]C(C)C.O=C(O)CC(=O)c1ccc([N+](=O)[O-])cc1.[Li+]. The van der Waals surface area contributed by atoms with E-state index in [-0.39, 0.29) is 30.1 Å². The van der Waals surface area contributed by atoms with E-state index in [0.29, 0.717) is 12.1 Å². The number of nitro groups is 1. The Morgan fingerprint density at radius 2 is 1.57 bits per heavy atom. The van der Waals surface area contributed by atoms with Crippen molar-refractivity contribution in [1.82, 2.24) is 0 Å². The smallest absolute Gasteiger partial charge is 0.658 e. The number of ketones is 1. The number of hydrogen-bond donors (Lipinski definition) is 1. The molecule has 0 amide bonds. The van der Waals surface area contributed by atoms with Gasteiger partial charge in [0.2, 0.25) is 0 Å². The summed E-state index contributed by atoms with van der Waals surface area (Å²) in [7, 11) is 0. The number of carboxylic acids is 1. The maximum atomic E-state index is 11.2. The van der Waals surface area contributed by atoms with Crippen LogP contribution in [-0.2, 0) is 4.79 Å². The molecule has 7 nitrogen and oxygen atoms in total. The topological polar surface area (TPSA) is 112 Å². The van der Waals surface area contributed by atoms with Crippen LogP contribution in [0.5, 0.6) is 0 Å². The molecule has 0 atom stereocenters. The summed E-state index contributed by atoms with van der Waals surface area (Å²) in [5, 5.41) is 22.9. The number of nitro benzene ring substituents is 1. The first-order valence-electron chi connectivity index (χ1n) is 6.82. The van der Waals surface area contributed by atoms with Crippen LogP contribution in [0, 0.1) is 10.1 Å². The van der Waals surface area contributed by atoms with Crippen LogP contribution in [0.4, 0.5) is 5.69 Å². The number of carboxylic acid groups (broad SMARTS) is 1. The average molecular weight is 316 g/mol. The van der Waals surface area contributed by atoms with Crippen LogP contribution in [0.3, 0.4) is 0 Å². The average Bonchev–Trinajstić information content (AvgIpc) is 2.37. The zero-order valence-corrected chi connectivity index (χ0v) is 14.1.